The zero-order valence-corrected chi connectivity index (χ0v) is 48.6. The zero-order valence-electron chi connectivity index (χ0n) is 48.6. The molecule has 73 heavy (non-hydrogen) atoms. The molecule has 2 unspecified atom stereocenters. The van der Waals surface area contributed by atoms with Crippen molar-refractivity contribution in [3.63, 3.8) is 0 Å². The molecule has 2 atom stereocenters. The van der Waals surface area contributed by atoms with Crippen molar-refractivity contribution < 1.29 is 15.0 Å². The summed E-state index contributed by atoms with van der Waals surface area (Å²) in [6.45, 7) is 4.21. The molecular weight excluding hydrogens is 891 g/mol. The number of aliphatic hydroxyl groups excluding tert-OH is 2. The van der Waals surface area contributed by atoms with E-state index in [4.69, 9.17) is 0 Å². The van der Waals surface area contributed by atoms with Crippen LogP contribution in [0.3, 0.4) is 0 Å². The molecule has 422 valence electrons. The van der Waals surface area contributed by atoms with Crippen LogP contribution in [0.15, 0.2) is 97.2 Å². The molecule has 0 aliphatic carbocycles. The molecule has 0 rings (SSSR count). The maximum absolute atomic E-state index is 12.5. The van der Waals surface area contributed by atoms with Gasteiger partial charge in [0.15, 0.2) is 0 Å². The maximum Gasteiger partial charge on any atom is 0.220 e. The Bertz CT molecular complexity index is 1330. The van der Waals surface area contributed by atoms with Crippen LogP contribution in [-0.2, 0) is 4.79 Å². The second-order valence-corrected chi connectivity index (χ2v) is 21.4. The molecule has 1 amide bonds. The molecule has 0 aromatic carbocycles. The molecule has 0 radical (unpaired) electrons. The Morgan fingerprint density at radius 1 is 0.342 bits per heavy atom. The van der Waals surface area contributed by atoms with E-state index in [1.807, 2.05) is 6.08 Å². The van der Waals surface area contributed by atoms with Crippen molar-refractivity contribution in [3.05, 3.63) is 97.2 Å². The highest BCUT2D eigenvalue weighted by Crippen LogP contribution is 2.17. The van der Waals surface area contributed by atoms with Gasteiger partial charge in [-0.05, 0) is 83.5 Å². The standard InChI is InChI=1S/C69H123NO3/c1-3-5-7-9-11-13-15-17-19-21-23-25-27-29-31-33-35-37-39-41-43-45-47-49-51-53-55-57-59-61-63-65-69(73)70-67(66-71)68(72)64-62-60-58-56-54-52-50-48-46-44-42-40-38-36-34-32-30-28-26-24-22-20-18-16-14-12-10-8-6-4-2/h5,7,11,13,17,19,23,25,29,31,35,37,54,56,62,64,67-68,71-72H,3-4,6,8-10,12,14-16,18,20-22,24,26-28,30,32-34,36,38-53,55,57-61,63,65-66H2,1-2H3,(H,70,73)/b7-5-,13-11-,19-17-,25-23-,31-29-,37-35-,56-54+,64-62+. The van der Waals surface area contributed by atoms with Crippen LogP contribution in [0.5, 0.6) is 0 Å². The number of carbonyl (C=O) groups is 1. The fourth-order valence-electron chi connectivity index (χ4n) is 9.50. The minimum absolute atomic E-state index is 0.0764. The van der Waals surface area contributed by atoms with E-state index in [1.165, 1.54) is 225 Å². The number of rotatable bonds is 58. The average molecular weight is 1010 g/mol. The van der Waals surface area contributed by atoms with Gasteiger partial charge in [0.2, 0.25) is 5.91 Å². The van der Waals surface area contributed by atoms with Crippen molar-refractivity contribution in [1.82, 2.24) is 5.32 Å². The second-order valence-electron chi connectivity index (χ2n) is 21.4. The highest BCUT2D eigenvalue weighted by atomic mass is 16.3. The van der Waals surface area contributed by atoms with Crippen LogP contribution in [0.25, 0.3) is 0 Å². The SMILES string of the molecule is CC/C=C\C/C=C\C/C=C\C/C=C\C/C=C\C/C=C\CCCCCCCCCCCCCCC(=O)NC(CO)C(O)/C=C/CC/C=C/CCCCCCCCCCCCCCCCCCCCCCCCCC. The van der Waals surface area contributed by atoms with Crippen LogP contribution in [0, 0.1) is 0 Å². The number of nitrogens with one attached hydrogen (secondary N) is 1. The fourth-order valence-corrected chi connectivity index (χ4v) is 9.50. The summed E-state index contributed by atoms with van der Waals surface area (Å²) in [6.07, 6.45) is 94.6. The third kappa shape index (κ3) is 60.1. The molecule has 0 bridgehead atoms. The number of hydrogen-bond acceptors (Lipinski definition) is 3. The largest absolute Gasteiger partial charge is 0.394 e. The predicted molar refractivity (Wildman–Crippen MR) is 326 cm³/mol. The number of aliphatic hydroxyl groups is 2. The van der Waals surface area contributed by atoms with Gasteiger partial charge in [0.1, 0.15) is 0 Å². The minimum atomic E-state index is -0.870. The third-order valence-corrected chi connectivity index (χ3v) is 14.3. The average Bonchev–Trinajstić information content (AvgIpc) is 3.40. The van der Waals surface area contributed by atoms with Crippen LogP contribution in [0.1, 0.15) is 316 Å². The van der Waals surface area contributed by atoms with E-state index in [0.717, 1.165) is 70.6 Å². The third-order valence-electron chi connectivity index (χ3n) is 14.3. The van der Waals surface area contributed by atoms with Gasteiger partial charge in [0, 0.05) is 6.42 Å². The van der Waals surface area contributed by atoms with Crippen molar-refractivity contribution in [2.75, 3.05) is 6.61 Å². The number of allylic oxidation sites excluding steroid dienone is 15. The van der Waals surface area contributed by atoms with Gasteiger partial charge in [0.05, 0.1) is 18.8 Å². The molecule has 0 heterocycles. The summed E-state index contributed by atoms with van der Waals surface area (Å²) in [5, 5.41) is 23.2. The molecule has 3 N–H and O–H groups in total. The van der Waals surface area contributed by atoms with Crippen LogP contribution in [-0.4, -0.2) is 34.9 Å². The number of hydrogen-bond donors (Lipinski definition) is 3. The maximum atomic E-state index is 12.5. The van der Waals surface area contributed by atoms with Crippen LogP contribution in [0.2, 0.25) is 0 Å². The van der Waals surface area contributed by atoms with Gasteiger partial charge in [0.25, 0.3) is 0 Å². The molecule has 0 aliphatic heterocycles. The van der Waals surface area contributed by atoms with E-state index >= 15 is 0 Å². The fraction of sp³-hybridized carbons (Fsp3) is 0.754. The molecule has 4 nitrogen and oxygen atoms in total. The molecule has 0 fully saturated rings. The van der Waals surface area contributed by atoms with Gasteiger partial charge in [-0.1, -0.05) is 323 Å². The van der Waals surface area contributed by atoms with Gasteiger partial charge >= 0.3 is 0 Å². The Morgan fingerprint density at radius 2 is 0.616 bits per heavy atom. The lowest BCUT2D eigenvalue weighted by Gasteiger charge is -2.19. The normalized spacial score (nSPS) is 13.4. The molecule has 0 saturated heterocycles. The van der Waals surface area contributed by atoms with Crippen LogP contribution >= 0.6 is 0 Å². The monoisotopic (exact) mass is 1010 g/mol. The van der Waals surface area contributed by atoms with E-state index in [0.29, 0.717) is 6.42 Å². The highest BCUT2D eigenvalue weighted by Gasteiger charge is 2.18. The molecule has 0 aliphatic rings. The lowest BCUT2D eigenvalue weighted by Crippen LogP contribution is -2.45. The highest BCUT2D eigenvalue weighted by molar-refractivity contribution is 5.76. The molecule has 0 saturated carbocycles. The predicted octanol–water partition coefficient (Wildman–Crippen LogP) is 21.6. The van der Waals surface area contributed by atoms with Crippen LogP contribution < -0.4 is 5.32 Å². The van der Waals surface area contributed by atoms with E-state index in [9.17, 15) is 15.0 Å². The van der Waals surface area contributed by atoms with Gasteiger partial charge in [-0.3, -0.25) is 4.79 Å². The molecule has 0 aromatic rings. The summed E-state index contributed by atoms with van der Waals surface area (Å²) >= 11 is 0. The van der Waals surface area contributed by atoms with Crippen molar-refractivity contribution in [3.8, 4) is 0 Å². The molecule has 0 aromatic heterocycles. The Balaban J connectivity index is 3.54. The van der Waals surface area contributed by atoms with Crippen molar-refractivity contribution in [2.24, 2.45) is 0 Å². The first-order valence-electron chi connectivity index (χ1n) is 32.0. The van der Waals surface area contributed by atoms with Crippen molar-refractivity contribution in [2.45, 2.75) is 328 Å². The van der Waals surface area contributed by atoms with Crippen LogP contribution in [0.4, 0.5) is 0 Å². The van der Waals surface area contributed by atoms with Gasteiger partial charge in [-0.2, -0.15) is 0 Å². The Hall–Kier alpha value is -2.69. The van der Waals surface area contributed by atoms with Gasteiger partial charge < -0.3 is 15.5 Å². The van der Waals surface area contributed by atoms with E-state index in [1.54, 1.807) is 6.08 Å². The quantitative estimate of drug-likeness (QED) is 0.0420. The first-order chi connectivity index (χ1) is 36.2. The molecule has 0 spiro atoms. The Kier molecular flexibility index (Phi) is 61.3. The number of carbonyl (C=O) groups excluding carboxylic acids is 1. The topological polar surface area (TPSA) is 69.6 Å². The summed E-state index contributed by atoms with van der Waals surface area (Å²) in [4.78, 5) is 12.5. The van der Waals surface area contributed by atoms with E-state index in [2.05, 4.69) is 104 Å². The summed E-state index contributed by atoms with van der Waals surface area (Å²) in [5.41, 5.74) is 0. The van der Waals surface area contributed by atoms with Crippen molar-refractivity contribution >= 4 is 5.91 Å². The van der Waals surface area contributed by atoms with E-state index in [-0.39, 0.29) is 12.5 Å². The second kappa shape index (κ2) is 63.6. The summed E-state index contributed by atoms with van der Waals surface area (Å²) < 4.78 is 0. The minimum Gasteiger partial charge on any atom is -0.394 e. The molecule has 4 heteroatoms. The van der Waals surface area contributed by atoms with Gasteiger partial charge in [-0.15, -0.1) is 0 Å². The smallest absolute Gasteiger partial charge is 0.220 e. The summed E-state index contributed by atoms with van der Waals surface area (Å²) in [7, 11) is 0. The first-order valence-corrected chi connectivity index (χ1v) is 32.0. The van der Waals surface area contributed by atoms with Crippen molar-refractivity contribution in [1.29, 1.82) is 0 Å². The van der Waals surface area contributed by atoms with E-state index < -0.39 is 12.1 Å². The number of amides is 1. The zero-order chi connectivity index (χ0) is 52.7. The number of unbranched alkanes of at least 4 members (excludes halogenated alkanes) is 37. The Morgan fingerprint density at radius 3 is 0.959 bits per heavy atom. The summed E-state index contributed by atoms with van der Waals surface area (Å²) in [6, 6.07) is -0.648. The first kappa shape index (κ1) is 70.3. The lowest BCUT2D eigenvalue weighted by molar-refractivity contribution is -0.123. The molecular formula is C69H123NO3. The summed E-state index contributed by atoms with van der Waals surface area (Å²) in [5.74, 6) is -0.0764. The lowest BCUT2D eigenvalue weighted by atomic mass is 10.0. The van der Waals surface area contributed by atoms with Gasteiger partial charge in [-0.25, -0.2) is 0 Å². The Labute approximate surface area is 455 Å².